The minimum absolute atomic E-state index is 0.273. The standard InChI is InChI=1S/C9H19N3O/c1-12(4-2-9(10)11)6-8-3-5-13-7-8/h8H,2-7H2,1H3,(H3,10,11). The fourth-order valence-electron chi connectivity index (χ4n) is 1.57. The van der Waals surface area contributed by atoms with Gasteiger partial charge >= 0.3 is 0 Å². The SMILES string of the molecule is CN(CCC(=N)N)CC1CCOC1. The maximum absolute atomic E-state index is 7.10. The first-order valence-corrected chi connectivity index (χ1v) is 4.77. The van der Waals surface area contributed by atoms with E-state index in [0.717, 1.165) is 26.3 Å². The Balaban J connectivity index is 2.09. The van der Waals surface area contributed by atoms with Gasteiger partial charge in [0, 0.05) is 26.1 Å². The number of hydrogen-bond donors (Lipinski definition) is 2. The van der Waals surface area contributed by atoms with Crippen molar-refractivity contribution in [3.63, 3.8) is 0 Å². The summed E-state index contributed by atoms with van der Waals surface area (Å²) >= 11 is 0. The number of nitrogens with two attached hydrogens (primary N) is 1. The fourth-order valence-corrected chi connectivity index (χ4v) is 1.57. The number of nitrogens with one attached hydrogen (secondary N) is 1. The Morgan fingerprint density at radius 3 is 3.00 bits per heavy atom. The molecule has 0 aliphatic carbocycles. The zero-order valence-corrected chi connectivity index (χ0v) is 8.25. The zero-order chi connectivity index (χ0) is 9.68. The van der Waals surface area contributed by atoms with Gasteiger partial charge < -0.3 is 15.4 Å². The summed E-state index contributed by atoms with van der Waals surface area (Å²) in [5, 5.41) is 7.10. The first-order chi connectivity index (χ1) is 6.18. The minimum atomic E-state index is 0.273. The van der Waals surface area contributed by atoms with Crippen molar-refractivity contribution in [2.75, 3.05) is 33.4 Å². The summed E-state index contributed by atoms with van der Waals surface area (Å²) in [4.78, 5) is 2.22. The molecule has 4 nitrogen and oxygen atoms in total. The van der Waals surface area contributed by atoms with E-state index in [1.165, 1.54) is 6.42 Å². The Kier molecular flexibility index (Phi) is 4.18. The Morgan fingerprint density at radius 2 is 2.46 bits per heavy atom. The third-order valence-corrected chi connectivity index (χ3v) is 2.36. The molecule has 0 radical (unpaired) electrons. The van der Waals surface area contributed by atoms with Crippen molar-refractivity contribution in [2.45, 2.75) is 12.8 Å². The Hall–Kier alpha value is -0.610. The lowest BCUT2D eigenvalue weighted by Crippen LogP contribution is -2.29. The third-order valence-electron chi connectivity index (χ3n) is 2.36. The van der Waals surface area contributed by atoms with Crippen LogP contribution in [0.2, 0.25) is 0 Å². The van der Waals surface area contributed by atoms with Gasteiger partial charge in [-0.05, 0) is 19.4 Å². The second-order valence-electron chi connectivity index (χ2n) is 3.77. The monoisotopic (exact) mass is 185 g/mol. The number of ether oxygens (including phenoxy) is 1. The number of amidine groups is 1. The van der Waals surface area contributed by atoms with Crippen LogP contribution in [0.15, 0.2) is 0 Å². The second kappa shape index (κ2) is 5.19. The van der Waals surface area contributed by atoms with Crippen LogP contribution >= 0.6 is 0 Å². The average Bonchev–Trinajstić information content (AvgIpc) is 2.53. The highest BCUT2D eigenvalue weighted by atomic mass is 16.5. The van der Waals surface area contributed by atoms with Crippen LogP contribution in [-0.2, 0) is 4.74 Å². The predicted octanol–water partition coefficient (Wildman–Crippen LogP) is 0.281. The Morgan fingerprint density at radius 1 is 1.69 bits per heavy atom. The lowest BCUT2D eigenvalue weighted by atomic mass is 10.1. The van der Waals surface area contributed by atoms with E-state index in [0.29, 0.717) is 12.3 Å². The van der Waals surface area contributed by atoms with Crippen molar-refractivity contribution in [1.82, 2.24) is 4.90 Å². The molecule has 1 heterocycles. The summed E-state index contributed by atoms with van der Waals surface area (Å²) in [5.74, 6) is 0.950. The molecule has 1 fully saturated rings. The highest BCUT2D eigenvalue weighted by Crippen LogP contribution is 2.12. The summed E-state index contributed by atoms with van der Waals surface area (Å²) in [6, 6.07) is 0. The molecule has 1 rings (SSSR count). The molecule has 0 aromatic heterocycles. The molecule has 1 atom stereocenters. The van der Waals surface area contributed by atoms with E-state index in [1.54, 1.807) is 0 Å². The molecule has 0 bridgehead atoms. The van der Waals surface area contributed by atoms with E-state index in [-0.39, 0.29) is 5.84 Å². The van der Waals surface area contributed by atoms with Crippen molar-refractivity contribution in [1.29, 1.82) is 5.41 Å². The van der Waals surface area contributed by atoms with Crippen LogP contribution in [0.3, 0.4) is 0 Å². The van der Waals surface area contributed by atoms with E-state index in [4.69, 9.17) is 15.9 Å². The van der Waals surface area contributed by atoms with Gasteiger partial charge in [-0.15, -0.1) is 0 Å². The minimum Gasteiger partial charge on any atom is -0.388 e. The van der Waals surface area contributed by atoms with Gasteiger partial charge in [-0.2, -0.15) is 0 Å². The molecule has 1 aliphatic heterocycles. The molecule has 76 valence electrons. The number of nitrogens with zero attached hydrogens (tertiary/aromatic N) is 1. The van der Waals surface area contributed by atoms with Crippen LogP contribution in [-0.4, -0.2) is 44.1 Å². The molecule has 0 spiro atoms. The van der Waals surface area contributed by atoms with Gasteiger partial charge in [0.2, 0.25) is 0 Å². The highest BCUT2D eigenvalue weighted by Gasteiger charge is 2.16. The van der Waals surface area contributed by atoms with E-state index in [1.807, 2.05) is 0 Å². The van der Waals surface area contributed by atoms with Gasteiger partial charge in [-0.25, -0.2) is 0 Å². The molecule has 1 aliphatic rings. The maximum Gasteiger partial charge on any atom is 0.0918 e. The van der Waals surface area contributed by atoms with Gasteiger partial charge in [-0.1, -0.05) is 0 Å². The molecule has 0 aromatic rings. The smallest absolute Gasteiger partial charge is 0.0918 e. The molecule has 13 heavy (non-hydrogen) atoms. The third kappa shape index (κ3) is 4.24. The molecule has 1 saturated heterocycles. The largest absolute Gasteiger partial charge is 0.388 e. The summed E-state index contributed by atoms with van der Waals surface area (Å²) in [6.07, 6.45) is 1.84. The quantitative estimate of drug-likeness (QED) is 0.478. The first kappa shape index (κ1) is 10.5. The van der Waals surface area contributed by atoms with Crippen LogP contribution < -0.4 is 5.73 Å². The van der Waals surface area contributed by atoms with Gasteiger partial charge in [0.05, 0.1) is 12.4 Å². The van der Waals surface area contributed by atoms with Crippen molar-refractivity contribution in [2.24, 2.45) is 11.7 Å². The van der Waals surface area contributed by atoms with Gasteiger partial charge in [0.25, 0.3) is 0 Å². The molecular weight excluding hydrogens is 166 g/mol. The molecule has 0 aromatic carbocycles. The van der Waals surface area contributed by atoms with E-state index in [9.17, 15) is 0 Å². The first-order valence-electron chi connectivity index (χ1n) is 4.77. The summed E-state index contributed by atoms with van der Waals surface area (Å²) < 4.78 is 5.29. The molecular formula is C9H19N3O. The molecule has 1 unspecified atom stereocenters. The van der Waals surface area contributed by atoms with E-state index in [2.05, 4.69) is 11.9 Å². The van der Waals surface area contributed by atoms with Crippen LogP contribution in [0.5, 0.6) is 0 Å². The Labute approximate surface area is 79.6 Å². The number of hydrogen-bond acceptors (Lipinski definition) is 3. The summed E-state index contributed by atoms with van der Waals surface area (Å²) in [5.41, 5.74) is 5.28. The van der Waals surface area contributed by atoms with Crippen molar-refractivity contribution >= 4 is 5.84 Å². The number of rotatable bonds is 5. The maximum atomic E-state index is 7.10. The second-order valence-corrected chi connectivity index (χ2v) is 3.77. The van der Waals surface area contributed by atoms with E-state index >= 15 is 0 Å². The fraction of sp³-hybridized carbons (Fsp3) is 0.889. The van der Waals surface area contributed by atoms with Crippen molar-refractivity contribution in [3.05, 3.63) is 0 Å². The predicted molar refractivity (Wildman–Crippen MR) is 53.0 cm³/mol. The van der Waals surface area contributed by atoms with E-state index < -0.39 is 0 Å². The van der Waals surface area contributed by atoms with Gasteiger partial charge in [0.15, 0.2) is 0 Å². The summed E-state index contributed by atoms with van der Waals surface area (Å²) in [6.45, 7) is 3.74. The van der Waals surface area contributed by atoms with Crippen molar-refractivity contribution in [3.8, 4) is 0 Å². The molecule has 0 amide bonds. The molecule has 4 heteroatoms. The molecule has 0 saturated carbocycles. The van der Waals surface area contributed by atoms with Crippen LogP contribution in [0.25, 0.3) is 0 Å². The lowest BCUT2D eigenvalue weighted by Gasteiger charge is -2.19. The van der Waals surface area contributed by atoms with Crippen LogP contribution in [0, 0.1) is 11.3 Å². The van der Waals surface area contributed by atoms with Gasteiger partial charge in [-0.3, -0.25) is 5.41 Å². The zero-order valence-electron chi connectivity index (χ0n) is 8.25. The van der Waals surface area contributed by atoms with Crippen LogP contribution in [0.4, 0.5) is 0 Å². The highest BCUT2D eigenvalue weighted by molar-refractivity contribution is 5.76. The topological polar surface area (TPSA) is 62.3 Å². The van der Waals surface area contributed by atoms with Crippen LogP contribution in [0.1, 0.15) is 12.8 Å². The summed E-state index contributed by atoms with van der Waals surface area (Å²) in [7, 11) is 2.07. The average molecular weight is 185 g/mol. The van der Waals surface area contributed by atoms with Crippen molar-refractivity contribution < 1.29 is 4.74 Å². The Bertz CT molecular complexity index is 166. The lowest BCUT2D eigenvalue weighted by molar-refractivity contribution is 0.174. The normalized spacial score (nSPS) is 22.5. The van der Waals surface area contributed by atoms with Gasteiger partial charge in [0.1, 0.15) is 0 Å². The molecule has 3 N–H and O–H groups in total.